The molecular weight excluding hydrogens is 408 g/mol. The molecule has 0 aromatic heterocycles. The molecule has 2 aromatic rings. The van der Waals surface area contributed by atoms with Gasteiger partial charge in [-0.15, -0.1) is 0 Å². The lowest BCUT2D eigenvalue weighted by Crippen LogP contribution is -2.33. The van der Waals surface area contributed by atoms with Gasteiger partial charge in [0.15, 0.2) is 0 Å². The Balaban J connectivity index is 2.06. The smallest absolute Gasteiger partial charge is 0.244 e. The number of carbonyl (C=O) groups excluding carboxylic acids is 1. The molecule has 25 heavy (non-hydrogen) atoms. The third-order valence-electron chi connectivity index (χ3n) is 3.46. The van der Waals surface area contributed by atoms with Gasteiger partial charge in [0, 0.05) is 10.2 Å². The fraction of sp³-hybridized carbons (Fsp3) is 0.235. The molecule has 0 aliphatic carbocycles. The Morgan fingerprint density at radius 2 is 1.96 bits per heavy atom. The predicted molar refractivity (Wildman–Crippen MR) is 100 cm³/mol. The van der Waals surface area contributed by atoms with E-state index < -0.39 is 15.9 Å². The molecule has 2 aromatic carbocycles. The van der Waals surface area contributed by atoms with Crippen LogP contribution in [0.1, 0.15) is 12.5 Å². The molecule has 1 amide bonds. The molecule has 0 fully saturated rings. The van der Waals surface area contributed by atoms with Crippen LogP contribution in [0, 0.1) is 0 Å². The number of halogens is 1. The second-order valence-electron chi connectivity index (χ2n) is 5.22. The summed E-state index contributed by atoms with van der Waals surface area (Å²) < 4.78 is 32.8. The van der Waals surface area contributed by atoms with Crippen molar-refractivity contribution in [2.45, 2.75) is 18.2 Å². The zero-order valence-electron chi connectivity index (χ0n) is 13.9. The third-order valence-corrected chi connectivity index (χ3v) is 5.37. The van der Waals surface area contributed by atoms with Gasteiger partial charge in [0.05, 0.1) is 13.7 Å². The molecule has 0 saturated carbocycles. The van der Waals surface area contributed by atoms with Gasteiger partial charge < -0.3 is 10.1 Å². The van der Waals surface area contributed by atoms with E-state index in [-0.39, 0.29) is 17.2 Å². The van der Waals surface area contributed by atoms with Crippen molar-refractivity contribution in [1.82, 2.24) is 4.72 Å². The summed E-state index contributed by atoms with van der Waals surface area (Å²) in [4.78, 5) is 12.0. The first-order valence-corrected chi connectivity index (χ1v) is 9.85. The van der Waals surface area contributed by atoms with E-state index >= 15 is 0 Å². The minimum atomic E-state index is -3.89. The summed E-state index contributed by atoms with van der Waals surface area (Å²) in [6.07, 6.45) is 0.846. The van der Waals surface area contributed by atoms with Crippen LogP contribution < -0.4 is 14.8 Å². The Kier molecular flexibility index (Phi) is 6.57. The average Bonchev–Trinajstić information content (AvgIpc) is 2.60. The summed E-state index contributed by atoms with van der Waals surface area (Å²) in [5, 5.41) is 2.67. The lowest BCUT2D eigenvalue weighted by atomic mass is 10.1. The highest BCUT2D eigenvalue weighted by Crippen LogP contribution is 2.26. The number of amides is 1. The van der Waals surface area contributed by atoms with E-state index in [1.165, 1.54) is 19.2 Å². The number of ether oxygens (including phenoxy) is 1. The maximum atomic E-state index is 12.4. The maximum Gasteiger partial charge on any atom is 0.244 e. The second kappa shape index (κ2) is 8.46. The second-order valence-corrected chi connectivity index (χ2v) is 7.87. The van der Waals surface area contributed by atoms with E-state index in [1.54, 1.807) is 12.1 Å². The number of hydrogen-bond acceptors (Lipinski definition) is 4. The van der Waals surface area contributed by atoms with Crippen LogP contribution >= 0.6 is 15.9 Å². The Morgan fingerprint density at radius 3 is 2.64 bits per heavy atom. The lowest BCUT2D eigenvalue weighted by Gasteiger charge is -2.11. The molecule has 0 spiro atoms. The van der Waals surface area contributed by atoms with E-state index in [1.807, 2.05) is 25.1 Å². The Labute approximate surface area is 155 Å². The van der Waals surface area contributed by atoms with Crippen LogP contribution in [0.2, 0.25) is 0 Å². The number of carbonyl (C=O) groups is 1. The number of nitrogens with one attached hydrogen (secondary N) is 2. The SMILES string of the molecule is CCc1cccc(NC(=O)CNS(=O)(=O)c2cc(Br)ccc2OC)c1. The highest BCUT2D eigenvalue weighted by molar-refractivity contribution is 9.10. The number of rotatable bonds is 7. The Hall–Kier alpha value is -1.90. The van der Waals surface area contributed by atoms with E-state index in [0.717, 1.165) is 12.0 Å². The molecule has 134 valence electrons. The molecule has 0 bridgehead atoms. The van der Waals surface area contributed by atoms with E-state index in [4.69, 9.17) is 4.74 Å². The summed E-state index contributed by atoms with van der Waals surface area (Å²) in [5.41, 5.74) is 1.71. The van der Waals surface area contributed by atoms with E-state index in [0.29, 0.717) is 10.2 Å². The molecule has 0 atom stereocenters. The van der Waals surface area contributed by atoms with Gasteiger partial charge in [0.25, 0.3) is 0 Å². The zero-order valence-corrected chi connectivity index (χ0v) is 16.3. The molecule has 2 N–H and O–H groups in total. The summed E-state index contributed by atoms with van der Waals surface area (Å²) in [7, 11) is -2.51. The van der Waals surface area contributed by atoms with Gasteiger partial charge in [-0.25, -0.2) is 13.1 Å². The lowest BCUT2D eigenvalue weighted by molar-refractivity contribution is -0.115. The molecule has 0 unspecified atom stereocenters. The van der Waals surface area contributed by atoms with Gasteiger partial charge in [-0.2, -0.15) is 0 Å². The minimum Gasteiger partial charge on any atom is -0.495 e. The summed E-state index contributed by atoms with van der Waals surface area (Å²) in [6.45, 7) is 1.63. The minimum absolute atomic E-state index is 0.0369. The van der Waals surface area contributed by atoms with Crippen molar-refractivity contribution in [2.75, 3.05) is 19.0 Å². The average molecular weight is 427 g/mol. The number of aryl methyl sites for hydroxylation is 1. The van der Waals surface area contributed by atoms with Crippen molar-refractivity contribution in [3.05, 3.63) is 52.5 Å². The van der Waals surface area contributed by atoms with Crippen LogP contribution in [0.4, 0.5) is 5.69 Å². The Bertz CT molecular complexity index is 869. The van der Waals surface area contributed by atoms with Crippen molar-refractivity contribution in [3.8, 4) is 5.75 Å². The van der Waals surface area contributed by atoms with Crippen LogP contribution in [0.3, 0.4) is 0 Å². The van der Waals surface area contributed by atoms with Crippen LogP contribution in [-0.4, -0.2) is 28.0 Å². The topological polar surface area (TPSA) is 84.5 Å². The number of hydrogen-bond donors (Lipinski definition) is 2. The molecule has 2 rings (SSSR count). The first-order chi connectivity index (χ1) is 11.9. The van der Waals surface area contributed by atoms with Crippen molar-refractivity contribution >= 4 is 37.5 Å². The molecule has 8 heteroatoms. The molecule has 0 heterocycles. The monoisotopic (exact) mass is 426 g/mol. The molecular formula is C17H19BrN2O4S. The van der Waals surface area contributed by atoms with Gasteiger partial charge in [-0.3, -0.25) is 4.79 Å². The largest absolute Gasteiger partial charge is 0.495 e. The zero-order chi connectivity index (χ0) is 18.4. The van der Waals surface area contributed by atoms with E-state index in [9.17, 15) is 13.2 Å². The summed E-state index contributed by atoms with van der Waals surface area (Å²) in [6, 6.07) is 12.0. The van der Waals surface area contributed by atoms with Crippen LogP contribution in [0.5, 0.6) is 5.75 Å². The first kappa shape index (κ1) is 19.4. The molecule has 0 aliphatic heterocycles. The maximum absolute atomic E-state index is 12.4. The van der Waals surface area contributed by atoms with Gasteiger partial charge in [0.1, 0.15) is 10.6 Å². The third kappa shape index (κ3) is 5.29. The fourth-order valence-corrected chi connectivity index (χ4v) is 3.86. The molecule has 6 nitrogen and oxygen atoms in total. The van der Waals surface area contributed by atoms with E-state index in [2.05, 4.69) is 26.0 Å². The molecule has 0 aliphatic rings. The molecule has 0 saturated heterocycles. The standard InChI is InChI=1S/C17H19BrN2O4S/c1-3-12-5-4-6-14(9-12)20-17(21)11-19-25(22,23)16-10-13(18)7-8-15(16)24-2/h4-10,19H,3,11H2,1-2H3,(H,20,21). The number of anilines is 1. The predicted octanol–water partition coefficient (Wildman–Crippen LogP) is 2.94. The number of sulfonamides is 1. The van der Waals surface area contributed by atoms with Crippen molar-refractivity contribution < 1.29 is 17.9 Å². The van der Waals surface area contributed by atoms with Gasteiger partial charge in [-0.05, 0) is 42.3 Å². The van der Waals surface area contributed by atoms with Crippen LogP contribution in [-0.2, 0) is 21.2 Å². The highest BCUT2D eigenvalue weighted by Gasteiger charge is 2.20. The quantitative estimate of drug-likeness (QED) is 0.712. The van der Waals surface area contributed by atoms with Gasteiger partial charge in [-0.1, -0.05) is 35.0 Å². The van der Waals surface area contributed by atoms with Gasteiger partial charge in [0.2, 0.25) is 15.9 Å². The number of benzene rings is 2. The Morgan fingerprint density at radius 1 is 1.20 bits per heavy atom. The fourth-order valence-electron chi connectivity index (χ4n) is 2.17. The van der Waals surface area contributed by atoms with Crippen molar-refractivity contribution in [1.29, 1.82) is 0 Å². The van der Waals surface area contributed by atoms with Crippen LogP contribution in [0.15, 0.2) is 51.8 Å². The van der Waals surface area contributed by atoms with Gasteiger partial charge >= 0.3 is 0 Å². The normalized spacial score (nSPS) is 11.2. The summed E-state index contributed by atoms with van der Waals surface area (Å²) in [5.74, 6) is -0.252. The summed E-state index contributed by atoms with van der Waals surface area (Å²) >= 11 is 3.23. The first-order valence-electron chi connectivity index (χ1n) is 7.57. The van der Waals surface area contributed by atoms with Crippen molar-refractivity contribution in [3.63, 3.8) is 0 Å². The van der Waals surface area contributed by atoms with Crippen molar-refractivity contribution in [2.24, 2.45) is 0 Å². The number of methoxy groups -OCH3 is 1. The van der Waals surface area contributed by atoms with Crippen LogP contribution in [0.25, 0.3) is 0 Å². The molecule has 0 radical (unpaired) electrons. The highest BCUT2D eigenvalue weighted by atomic mass is 79.9.